The van der Waals surface area contributed by atoms with Crippen LogP contribution in [-0.2, 0) is 85.7 Å². The molecule has 0 aliphatic carbocycles. The van der Waals surface area contributed by atoms with Gasteiger partial charge in [0.15, 0.2) is 49.9 Å². The monoisotopic (exact) mass is 1070 g/mol. The molecule has 16 N–H and O–H groups in total. The van der Waals surface area contributed by atoms with Crippen molar-refractivity contribution in [3.63, 3.8) is 0 Å². The van der Waals surface area contributed by atoms with Crippen molar-refractivity contribution in [3.05, 3.63) is 0 Å². The van der Waals surface area contributed by atoms with Crippen molar-refractivity contribution in [2.75, 3.05) is 39.6 Å². The van der Waals surface area contributed by atoms with Crippen LogP contribution in [0.1, 0.15) is 0 Å². The summed E-state index contributed by atoms with van der Waals surface area (Å²) in [7, 11) is -5.58. The molecule has 0 spiro atoms. The van der Waals surface area contributed by atoms with Gasteiger partial charge >= 0.3 is 10.4 Å². The second kappa shape index (κ2) is 23.1. The lowest BCUT2D eigenvalue weighted by atomic mass is 9.94. The Morgan fingerprint density at radius 3 is 0.676 bits per heavy atom. The van der Waals surface area contributed by atoms with Crippen LogP contribution in [0.4, 0.5) is 0 Å². The van der Waals surface area contributed by atoms with Crippen molar-refractivity contribution >= 4 is 10.4 Å². The minimum atomic E-state index is -5.58. The molecule has 0 aromatic rings. The number of aliphatic hydroxyl groups is 16. The van der Waals surface area contributed by atoms with Gasteiger partial charge in [-0.05, 0) is 0 Å². The molecule has 23 heterocycles. The molecule has 0 aromatic carbocycles. The van der Waals surface area contributed by atoms with Crippen LogP contribution in [0, 0.1) is 0 Å². The summed E-state index contributed by atoms with van der Waals surface area (Å²) < 4.78 is 104. The smallest absolute Gasteiger partial charge is 0.394 e. The Kier molecular flexibility index (Phi) is 18.2. The quantitative estimate of drug-likeness (QED) is 0.110. The van der Waals surface area contributed by atoms with Gasteiger partial charge in [0.1, 0.15) is 134 Å². The maximum absolute atomic E-state index is 13.0. The van der Waals surface area contributed by atoms with Crippen LogP contribution in [0.5, 0.6) is 0 Å². The molecule has 0 radical (unpaired) electrons. The average molecular weight is 1070 g/mol. The van der Waals surface area contributed by atoms with E-state index in [1.165, 1.54) is 0 Å². The minimum Gasteiger partial charge on any atom is -0.394 e. The molecule has 23 fully saturated rings. The van der Waals surface area contributed by atoms with Crippen LogP contribution in [0.25, 0.3) is 0 Å². The zero-order valence-corrected chi connectivity index (χ0v) is 37.3. The largest absolute Gasteiger partial charge is 0.453 e. The van der Waals surface area contributed by atoms with Crippen molar-refractivity contribution in [2.45, 2.75) is 184 Å². The van der Waals surface area contributed by atoms with Crippen molar-refractivity contribution in [3.8, 4) is 0 Å². The molecule has 23 saturated heterocycles. The highest BCUT2D eigenvalue weighted by molar-refractivity contribution is 7.81. The summed E-state index contributed by atoms with van der Waals surface area (Å²) in [6.45, 7) is -6.43. The van der Waals surface area contributed by atoms with Gasteiger partial charge < -0.3 is 139 Å². The molecule has 14 bridgehead atoms. The van der Waals surface area contributed by atoms with Crippen LogP contribution < -0.4 is 0 Å². The van der Waals surface area contributed by atoms with E-state index < -0.39 is 234 Å². The summed E-state index contributed by atoms with van der Waals surface area (Å²) in [6.07, 6.45) is -61.4. The molecule has 35 heteroatoms. The van der Waals surface area contributed by atoms with Gasteiger partial charge in [-0.2, -0.15) is 8.42 Å². The SMILES string of the molecule is O=S1(=O)OO[C@@H]2[C@@H](O)[C@H]3O[C@@H]4[C@H](OO1)[C@@H](O)[C@@H](O[C@H]1[C@H](O)[C@@H](O)[C@@H](O[C@H]5[C@H](O)[C@@H](O)[C@@H](O[C@H]6[C@H](O)[C@@H](O)[C@@H](O[C@H]7[C@H](O)[C@@H](O)[C@@H](O[C@H]2[C@@H](CO)O3)O[C@@H]7CO)O[C@@H]6CO)O[C@@H]5CO)O[C@@H]1CO)O[C@@H]4CO. The molecule has 0 aromatic heterocycles. The summed E-state index contributed by atoms with van der Waals surface area (Å²) >= 11 is 0. The molecule has 0 amide bonds. The predicted molar refractivity (Wildman–Crippen MR) is 205 cm³/mol. The lowest BCUT2D eigenvalue weighted by Crippen LogP contribution is -2.69. The van der Waals surface area contributed by atoms with Gasteiger partial charge in [0, 0.05) is 0 Å². The van der Waals surface area contributed by atoms with E-state index in [2.05, 4.69) is 8.67 Å². The van der Waals surface area contributed by atoms with Crippen molar-refractivity contribution in [2.24, 2.45) is 0 Å². The zero-order chi connectivity index (χ0) is 51.4. The molecule has 23 rings (SSSR count). The number of hydrogen-bond acceptors (Lipinski definition) is 34. The van der Waals surface area contributed by atoms with Gasteiger partial charge in [-0.3, -0.25) is 0 Å². The summed E-state index contributed by atoms with van der Waals surface area (Å²) in [5.41, 5.74) is 0. The third-order valence-corrected chi connectivity index (χ3v) is 13.6. The molecule has 0 unspecified atom stereocenters. The molecule has 23 aliphatic heterocycles. The van der Waals surface area contributed by atoms with E-state index in [-0.39, 0.29) is 0 Å². The van der Waals surface area contributed by atoms with Crippen LogP contribution >= 0.6 is 0 Å². The molecular weight excluding hydrogens is 1010 g/mol. The summed E-state index contributed by atoms with van der Waals surface area (Å²) in [6, 6.07) is 0. The van der Waals surface area contributed by atoms with E-state index in [1.54, 1.807) is 0 Å². The molecule has 0 saturated carbocycles. The van der Waals surface area contributed by atoms with E-state index >= 15 is 0 Å². The van der Waals surface area contributed by atoms with E-state index in [1.807, 2.05) is 0 Å². The molecule has 23 aliphatic rings. The van der Waals surface area contributed by atoms with Crippen LogP contribution in [-0.4, -0.2) is 314 Å². The minimum absolute atomic E-state index is 1.04. The number of hydrogen-bond donors (Lipinski definition) is 16. The Morgan fingerprint density at radius 1 is 0.254 bits per heavy atom. The fraction of sp³-hybridized carbons (Fsp3) is 1.00. The van der Waals surface area contributed by atoms with Gasteiger partial charge in [-0.1, -0.05) is 8.67 Å². The second-order valence-corrected chi connectivity index (χ2v) is 18.6. The van der Waals surface area contributed by atoms with Crippen LogP contribution in [0.3, 0.4) is 0 Å². The Labute approximate surface area is 399 Å². The third-order valence-electron chi connectivity index (χ3n) is 13.1. The van der Waals surface area contributed by atoms with Crippen molar-refractivity contribution < 1.29 is 165 Å². The average Bonchev–Trinajstić information content (AvgIpc) is 3.36. The molecular formula is C36H58O34S. The standard InChI is InChI=1S/C36H58O34S/c37-1-7-23-14(44)18(48)32(56-7)63-25-9(3-39)58-34(20(50)16(25)46)65-27-11(5-41)60-36-22(52)30(27)68-70-71(53,54)69-67-29-21(51)35(59-12(6-42)28(29)66-36)64-26-10(4-40)57-33(19(49)15(26)45)62-24-8(2-38)55-31(61-23)17(47)13(24)43/h7-52H,1-6H2/t7-,8-,9-,10-,11-,12-,13-,14-,15-,16-,17-,18-,19-,20-,21-,22-,23-,24-,25-,26-,27+,28+,29-,30-,31-,32-,33-,34-,35-,36-/m1/s1. The maximum Gasteiger partial charge on any atom is 0.453 e. The van der Waals surface area contributed by atoms with Gasteiger partial charge in [0.05, 0.1) is 39.6 Å². The maximum atomic E-state index is 13.0. The molecule has 412 valence electrons. The lowest BCUT2D eigenvalue weighted by Gasteiger charge is -2.50. The van der Waals surface area contributed by atoms with E-state index in [0.29, 0.717) is 0 Å². The van der Waals surface area contributed by atoms with E-state index in [0.717, 1.165) is 0 Å². The highest BCUT2D eigenvalue weighted by Crippen LogP contribution is 2.39. The predicted octanol–water partition coefficient (Wildman–Crippen LogP) is -12.9. The van der Waals surface area contributed by atoms with Gasteiger partial charge in [-0.15, -0.1) is 0 Å². The topological polar surface area (TPSA) is 506 Å². The third kappa shape index (κ3) is 11.0. The fourth-order valence-corrected chi connectivity index (χ4v) is 9.71. The van der Waals surface area contributed by atoms with Crippen LogP contribution in [0.15, 0.2) is 0 Å². The van der Waals surface area contributed by atoms with Crippen molar-refractivity contribution in [1.29, 1.82) is 0 Å². The Balaban J connectivity index is 1.15. The van der Waals surface area contributed by atoms with Gasteiger partial charge in [0.25, 0.3) is 0 Å². The first-order chi connectivity index (χ1) is 33.8. The Hall–Kier alpha value is -1.33. The number of aliphatic hydroxyl groups excluding tert-OH is 16. The Bertz CT molecular complexity index is 1810. The zero-order valence-electron chi connectivity index (χ0n) is 36.5. The first-order valence-electron chi connectivity index (χ1n) is 22.1. The summed E-state index contributed by atoms with van der Waals surface area (Å²) in [5, 5.41) is 176. The van der Waals surface area contributed by atoms with Crippen LogP contribution in [0.2, 0.25) is 0 Å². The summed E-state index contributed by atoms with van der Waals surface area (Å²) in [4.78, 5) is 10.0. The number of rotatable bonds is 6. The number of ether oxygens (including phenoxy) is 12. The fourth-order valence-electron chi connectivity index (χ4n) is 9.31. The first-order valence-corrected chi connectivity index (χ1v) is 23.4. The van der Waals surface area contributed by atoms with Gasteiger partial charge in [-0.25, -0.2) is 9.78 Å². The summed E-state index contributed by atoms with van der Waals surface area (Å²) in [5.74, 6) is 0. The molecule has 30 atom stereocenters. The normalized spacial score (nSPS) is 54.1. The second-order valence-electron chi connectivity index (χ2n) is 17.5. The van der Waals surface area contributed by atoms with E-state index in [4.69, 9.17) is 66.6 Å². The Morgan fingerprint density at radius 2 is 0.451 bits per heavy atom. The highest BCUT2D eigenvalue weighted by Gasteiger charge is 2.60. The highest BCUT2D eigenvalue weighted by atomic mass is 32.3. The van der Waals surface area contributed by atoms with Crippen molar-refractivity contribution in [1.82, 2.24) is 0 Å². The first kappa shape index (κ1) is 55.9. The molecule has 34 nitrogen and oxygen atoms in total. The van der Waals surface area contributed by atoms with E-state index in [9.17, 15) is 90.1 Å². The lowest BCUT2D eigenvalue weighted by molar-refractivity contribution is -0.418. The van der Waals surface area contributed by atoms with Gasteiger partial charge in [0.2, 0.25) is 0 Å². The molecule has 71 heavy (non-hydrogen) atoms.